The molecule has 0 fully saturated rings. The van der Waals surface area contributed by atoms with Gasteiger partial charge in [-0.1, -0.05) is 0 Å². The van der Waals surface area contributed by atoms with E-state index in [9.17, 15) is 18.9 Å². The molecular weight excluding hydrogens is 410 g/mol. The van der Waals surface area contributed by atoms with E-state index in [-0.39, 0.29) is 11.8 Å². The van der Waals surface area contributed by atoms with Crippen molar-refractivity contribution in [2.24, 2.45) is 0 Å². The van der Waals surface area contributed by atoms with Gasteiger partial charge in [0, 0.05) is 54.4 Å². The number of imidazole rings is 1. The summed E-state index contributed by atoms with van der Waals surface area (Å²) in [6, 6.07) is 3.50. The number of halogens is 2. The Labute approximate surface area is 175 Å². The lowest BCUT2D eigenvalue weighted by atomic mass is 10.0. The standard InChI is InChI=1S/C20H18F2N6O3/c1-20(11-27-9-17(28(29)30)25-19(27)31-20)10-26-3-2-16-13(8-26)7-23-18(24-16)12-4-14(21)6-15(22)5-12/h4-7,9H,2-3,8,10-11H2,1H3/t20-/m0/s1. The van der Waals surface area contributed by atoms with E-state index < -0.39 is 22.2 Å². The van der Waals surface area contributed by atoms with Gasteiger partial charge in [-0.15, -0.1) is 0 Å². The molecule has 0 aliphatic carbocycles. The molecule has 4 heterocycles. The molecule has 0 saturated carbocycles. The Kier molecular flexibility index (Phi) is 4.43. The minimum atomic E-state index is -0.669. The lowest BCUT2D eigenvalue weighted by molar-refractivity contribution is -0.389. The van der Waals surface area contributed by atoms with Crippen molar-refractivity contribution in [2.45, 2.75) is 32.0 Å². The molecule has 2 aromatic heterocycles. The van der Waals surface area contributed by atoms with Crippen molar-refractivity contribution in [3.8, 4) is 17.4 Å². The number of aromatic nitrogens is 4. The number of benzene rings is 1. The predicted molar refractivity (Wildman–Crippen MR) is 104 cm³/mol. The van der Waals surface area contributed by atoms with Gasteiger partial charge in [-0.2, -0.15) is 0 Å². The summed E-state index contributed by atoms with van der Waals surface area (Å²) in [5.41, 5.74) is 1.54. The fraction of sp³-hybridized carbons (Fsp3) is 0.350. The summed E-state index contributed by atoms with van der Waals surface area (Å²) >= 11 is 0. The first kappa shape index (κ1) is 19.5. The predicted octanol–water partition coefficient (Wildman–Crippen LogP) is 2.74. The van der Waals surface area contributed by atoms with Crippen LogP contribution in [0.3, 0.4) is 0 Å². The maximum atomic E-state index is 13.5. The summed E-state index contributed by atoms with van der Waals surface area (Å²) in [5, 5.41) is 10.9. The number of rotatable bonds is 4. The highest BCUT2D eigenvalue weighted by molar-refractivity contribution is 5.55. The molecule has 0 bridgehead atoms. The number of nitrogens with zero attached hydrogens (tertiary/aromatic N) is 6. The molecule has 11 heteroatoms. The summed E-state index contributed by atoms with van der Waals surface area (Å²) in [6.45, 7) is 4.34. The van der Waals surface area contributed by atoms with Gasteiger partial charge in [0.05, 0.1) is 12.2 Å². The highest BCUT2D eigenvalue weighted by Gasteiger charge is 2.41. The molecule has 1 aromatic carbocycles. The molecule has 0 amide bonds. The largest absolute Gasteiger partial charge is 0.436 e. The van der Waals surface area contributed by atoms with Gasteiger partial charge < -0.3 is 14.9 Å². The second-order valence-corrected chi connectivity index (χ2v) is 8.10. The Balaban J connectivity index is 1.29. The zero-order chi connectivity index (χ0) is 21.8. The monoisotopic (exact) mass is 428 g/mol. The SMILES string of the molecule is C[C@]1(CN2CCc3nc(-c4cc(F)cc(F)c4)ncc3C2)Cn2cc([N+](=O)[O-])nc2O1. The molecule has 5 rings (SSSR count). The van der Waals surface area contributed by atoms with E-state index in [4.69, 9.17) is 4.74 Å². The third-order valence-electron chi connectivity index (χ3n) is 5.45. The molecule has 0 spiro atoms. The number of hydrogen-bond acceptors (Lipinski definition) is 7. The van der Waals surface area contributed by atoms with Crippen molar-refractivity contribution in [1.82, 2.24) is 24.4 Å². The highest BCUT2D eigenvalue weighted by Crippen LogP contribution is 2.32. The van der Waals surface area contributed by atoms with Crippen molar-refractivity contribution >= 4 is 5.82 Å². The van der Waals surface area contributed by atoms with Gasteiger partial charge in [-0.25, -0.2) is 18.7 Å². The normalized spacial score (nSPS) is 20.2. The lowest BCUT2D eigenvalue weighted by Crippen LogP contribution is -2.46. The van der Waals surface area contributed by atoms with Gasteiger partial charge in [-0.05, 0) is 24.0 Å². The molecule has 0 radical (unpaired) electrons. The van der Waals surface area contributed by atoms with Crippen LogP contribution in [0.5, 0.6) is 6.01 Å². The molecular formula is C20H18F2N6O3. The van der Waals surface area contributed by atoms with Crippen molar-refractivity contribution in [2.75, 3.05) is 13.1 Å². The highest BCUT2D eigenvalue weighted by atomic mass is 19.1. The van der Waals surface area contributed by atoms with E-state index in [1.807, 2.05) is 6.92 Å². The topological polar surface area (TPSA) is 99.2 Å². The number of ether oxygens (including phenoxy) is 1. The minimum Gasteiger partial charge on any atom is -0.436 e. The Bertz CT molecular complexity index is 1150. The first-order valence-corrected chi connectivity index (χ1v) is 9.72. The molecule has 2 aliphatic rings. The minimum absolute atomic E-state index is 0.227. The van der Waals surface area contributed by atoms with Crippen LogP contribution in [0.15, 0.2) is 30.6 Å². The van der Waals surface area contributed by atoms with E-state index in [2.05, 4.69) is 19.9 Å². The van der Waals surface area contributed by atoms with Crippen LogP contribution in [0.4, 0.5) is 14.6 Å². The molecule has 160 valence electrons. The van der Waals surface area contributed by atoms with E-state index >= 15 is 0 Å². The van der Waals surface area contributed by atoms with Crippen LogP contribution < -0.4 is 4.74 Å². The first-order valence-electron chi connectivity index (χ1n) is 9.72. The molecule has 31 heavy (non-hydrogen) atoms. The first-order chi connectivity index (χ1) is 14.8. The zero-order valence-corrected chi connectivity index (χ0v) is 16.6. The maximum absolute atomic E-state index is 13.5. The van der Waals surface area contributed by atoms with Gasteiger partial charge in [0.1, 0.15) is 23.4 Å². The Morgan fingerprint density at radius 1 is 1.26 bits per heavy atom. The van der Waals surface area contributed by atoms with Crippen molar-refractivity contribution in [1.29, 1.82) is 0 Å². The third-order valence-corrected chi connectivity index (χ3v) is 5.45. The quantitative estimate of drug-likeness (QED) is 0.465. The summed E-state index contributed by atoms with van der Waals surface area (Å²) in [5.74, 6) is -1.27. The average Bonchev–Trinajstić information content (AvgIpc) is 3.22. The van der Waals surface area contributed by atoms with Crippen LogP contribution in [-0.4, -0.2) is 48.0 Å². The molecule has 3 aromatic rings. The van der Waals surface area contributed by atoms with Crippen LogP contribution >= 0.6 is 0 Å². The van der Waals surface area contributed by atoms with Crippen LogP contribution in [0.1, 0.15) is 18.2 Å². The molecule has 2 aliphatic heterocycles. The summed E-state index contributed by atoms with van der Waals surface area (Å²) in [7, 11) is 0. The second kappa shape index (κ2) is 7.05. The number of hydrogen-bond donors (Lipinski definition) is 0. The second-order valence-electron chi connectivity index (χ2n) is 8.10. The smallest absolute Gasteiger partial charge is 0.415 e. The number of fused-ring (bicyclic) bond motifs is 2. The fourth-order valence-corrected chi connectivity index (χ4v) is 4.17. The van der Waals surface area contributed by atoms with Gasteiger partial charge in [0.2, 0.25) is 0 Å². The van der Waals surface area contributed by atoms with Crippen molar-refractivity contribution in [3.05, 3.63) is 63.6 Å². The lowest BCUT2D eigenvalue weighted by Gasteiger charge is -2.33. The van der Waals surface area contributed by atoms with Crippen molar-refractivity contribution < 1.29 is 18.4 Å². The molecule has 9 nitrogen and oxygen atoms in total. The van der Waals surface area contributed by atoms with Crippen LogP contribution in [0.25, 0.3) is 11.4 Å². The average molecular weight is 428 g/mol. The van der Waals surface area contributed by atoms with E-state index in [0.29, 0.717) is 37.4 Å². The van der Waals surface area contributed by atoms with Gasteiger partial charge >= 0.3 is 11.8 Å². The summed E-state index contributed by atoms with van der Waals surface area (Å²) in [4.78, 5) is 25.3. The molecule has 0 N–H and O–H groups in total. The van der Waals surface area contributed by atoms with Crippen molar-refractivity contribution in [3.63, 3.8) is 0 Å². The van der Waals surface area contributed by atoms with Crippen LogP contribution in [-0.2, 0) is 19.5 Å². The van der Waals surface area contributed by atoms with E-state index in [1.165, 1.54) is 18.3 Å². The van der Waals surface area contributed by atoms with E-state index in [1.54, 1.807) is 10.8 Å². The van der Waals surface area contributed by atoms with Crippen LogP contribution in [0, 0.1) is 21.7 Å². The Morgan fingerprint density at radius 3 is 2.74 bits per heavy atom. The van der Waals surface area contributed by atoms with Gasteiger partial charge in [0.15, 0.2) is 5.82 Å². The Morgan fingerprint density at radius 2 is 2.03 bits per heavy atom. The number of nitro groups is 1. The molecule has 0 unspecified atom stereocenters. The summed E-state index contributed by atoms with van der Waals surface area (Å²) < 4.78 is 34.6. The summed E-state index contributed by atoms with van der Waals surface area (Å²) in [6.07, 6.45) is 3.74. The maximum Gasteiger partial charge on any atom is 0.415 e. The van der Waals surface area contributed by atoms with Crippen LogP contribution in [0.2, 0.25) is 0 Å². The zero-order valence-electron chi connectivity index (χ0n) is 16.6. The van der Waals surface area contributed by atoms with Gasteiger partial charge in [-0.3, -0.25) is 9.47 Å². The van der Waals surface area contributed by atoms with E-state index in [0.717, 1.165) is 23.9 Å². The molecule has 0 saturated heterocycles. The fourth-order valence-electron chi connectivity index (χ4n) is 4.17. The third kappa shape index (κ3) is 3.72. The molecule has 1 atom stereocenters. The van der Waals surface area contributed by atoms with Gasteiger partial charge in [0.25, 0.3) is 0 Å². The Hall–Kier alpha value is -3.47.